The second kappa shape index (κ2) is 20.2. The van der Waals surface area contributed by atoms with Gasteiger partial charge in [-0.05, 0) is 104 Å². The van der Waals surface area contributed by atoms with Crippen molar-refractivity contribution in [2.75, 3.05) is 81.8 Å². The number of nitrogens with zero attached hydrogens (tertiary/aromatic N) is 6. The van der Waals surface area contributed by atoms with Crippen molar-refractivity contribution in [3.63, 3.8) is 0 Å². The molecule has 0 aliphatic carbocycles. The van der Waals surface area contributed by atoms with Crippen molar-refractivity contribution < 1.29 is 23.7 Å². The Hall–Kier alpha value is -5.79. The number of fused-ring (bicyclic) bond motifs is 1. The van der Waals surface area contributed by atoms with E-state index >= 15 is 0 Å². The number of carbonyl (C=O) groups is 3. The third kappa shape index (κ3) is 10.7. The summed E-state index contributed by atoms with van der Waals surface area (Å²) in [5.41, 5.74) is 7.96. The van der Waals surface area contributed by atoms with Gasteiger partial charge >= 0.3 is 0 Å². The molecule has 5 heterocycles. The Labute approximate surface area is 397 Å². The molecule has 9 rings (SSSR count). The largest absolute Gasteiger partial charge is 0.494 e. The van der Waals surface area contributed by atoms with Crippen LogP contribution in [-0.4, -0.2) is 121 Å². The lowest BCUT2D eigenvalue weighted by Gasteiger charge is -2.43. The Bertz CT molecular complexity index is 2680. The second-order valence-corrected chi connectivity index (χ2v) is 22.0. The van der Waals surface area contributed by atoms with Crippen LogP contribution in [0.2, 0.25) is 5.02 Å². The van der Waals surface area contributed by atoms with E-state index in [0.717, 1.165) is 106 Å². The molecule has 0 saturated carbocycles. The van der Waals surface area contributed by atoms with E-state index < -0.39 is 13.2 Å². The van der Waals surface area contributed by atoms with Gasteiger partial charge in [0.05, 0.1) is 24.7 Å². The van der Waals surface area contributed by atoms with Crippen molar-refractivity contribution in [2.45, 2.75) is 63.6 Å². The van der Waals surface area contributed by atoms with Crippen molar-refractivity contribution >= 4 is 70.6 Å². The van der Waals surface area contributed by atoms with E-state index in [1.54, 1.807) is 31.5 Å². The van der Waals surface area contributed by atoms with Gasteiger partial charge in [-0.2, -0.15) is 4.98 Å². The highest BCUT2D eigenvalue weighted by atomic mass is 35.5. The fraction of sp³-hybridized carbons (Fsp3) is 0.392. The van der Waals surface area contributed by atoms with Crippen LogP contribution < -0.4 is 30.9 Å². The molecular weight excluding hydrogens is 885 g/mol. The Morgan fingerprint density at radius 2 is 1.57 bits per heavy atom. The van der Waals surface area contributed by atoms with Crippen molar-refractivity contribution in [3.8, 4) is 5.75 Å². The van der Waals surface area contributed by atoms with Crippen LogP contribution in [0, 0.1) is 0 Å². The van der Waals surface area contributed by atoms with Gasteiger partial charge in [-0.3, -0.25) is 24.6 Å². The number of para-hydroxylation sites is 1. The van der Waals surface area contributed by atoms with Gasteiger partial charge in [-0.25, -0.2) is 4.98 Å². The van der Waals surface area contributed by atoms with E-state index in [4.69, 9.17) is 16.3 Å². The molecule has 3 N–H and O–H groups in total. The van der Waals surface area contributed by atoms with Crippen LogP contribution in [-0.2, 0) is 40.0 Å². The van der Waals surface area contributed by atoms with Gasteiger partial charge in [0.15, 0.2) is 5.82 Å². The number of nitrogens with one attached hydrogen (secondary N) is 3. The SMILES string of the molecule is COc1cc(N2CCC(N3CCN(CCc4ccc(CCc5cccc6c5CN(C5CCC(=O)NC5=O)C6=O)cc4)CC3)CC2)ccc1Nc1ncc(Cl)c(Nc2ccccc2P(C)(C)=O)n1. The monoisotopic (exact) mass is 943 g/mol. The topological polar surface area (TPSA) is 152 Å². The number of methoxy groups -OCH3 is 1. The molecule has 1 unspecified atom stereocenters. The number of anilines is 5. The third-order valence-corrected chi connectivity index (χ3v) is 15.6. The Morgan fingerprint density at radius 3 is 2.30 bits per heavy atom. The lowest BCUT2D eigenvalue weighted by molar-refractivity contribution is -0.136. The number of halogens is 1. The molecule has 67 heavy (non-hydrogen) atoms. The van der Waals surface area contributed by atoms with Crippen LogP contribution in [0.15, 0.2) is 91.1 Å². The normalized spacial score (nSPS) is 18.5. The second-order valence-electron chi connectivity index (χ2n) is 18.4. The first-order valence-electron chi connectivity index (χ1n) is 23.3. The number of piperidine rings is 2. The number of carbonyl (C=O) groups excluding carboxylic acids is 3. The van der Waals surface area contributed by atoms with Gasteiger partial charge in [0.1, 0.15) is 24.0 Å². The predicted octanol–water partition coefficient (Wildman–Crippen LogP) is 7.25. The lowest BCUT2D eigenvalue weighted by Crippen LogP contribution is -2.53. The summed E-state index contributed by atoms with van der Waals surface area (Å²) < 4.78 is 18.8. The predicted molar refractivity (Wildman–Crippen MR) is 265 cm³/mol. The molecule has 3 amide bonds. The van der Waals surface area contributed by atoms with Crippen LogP contribution in [0.5, 0.6) is 5.75 Å². The van der Waals surface area contributed by atoms with Crippen molar-refractivity contribution in [1.82, 2.24) is 30.0 Å². The molecule has 5 aromatic rings. The molecule has 4 aliphatic heterocycles. The van der Waals surface area contributed by atoms with E-state index in [2.05, 4.69) is 83.1 Å². The number of aryl methyl sites for hydroxylation is 2. The zero-order chi connectivity index (χ0) is 46.7. The van der Waals surface area contributed by atoms with E-state index in [0.29, 0.717) is 52.8 Å². The Balaban J connectivity index is 0.711. The van der Waals surface area contributed by atoms with Gasteiger partial charge in [-0.15, -0.1) is 0 Å². The first-order chi connectivity index (χ1) is 32.4. The number of piperazine rings is 1. The van der Waals surface area contributed by atoms with Crippen LogP contribution in [0.4, 0.5) is 28.8 Å². The van der Waals surface area contributed by atoms with Gasteiger partial charge < -0.3 is 34.6 Å². The molecule has 14 nitrogen and oxygen atoms in total. The first-order valence-corrected chi connectivity index (χ1v) is 26.3. The molecule has 3 saturated heterocycles. The molecule has 4 aromatic carbocycles. The molecule has 0 bridgehead atoms. The number of hydrogen-bond donors (Lipinski definition) is 3. The van der Waals surface area contributed by atoms with Gasteiger partial charge in [-0.1, -0.05) is 60.1 Å². The van der Waals surface area contributed by atoms with Gasteiger partial charge in [0, 0.05) is 87.4 Å². The first kappa shape index (κ1) is 46.3. The maximum Gasteiger partial charge on any atom is 0.255 e. The summed E-state index contributed by atoms with van der Waals surface area (Å²) in [6.07, 6.45) is 7.09. The average molecular weight is 945 g/mol. The highest BCUT2D eigenvalue weighted by Gasteiger charge is 2.40. The lowest BCUT2D eigenvalue weighted by atomic mass is 9.97. The summed E-state index contributed by atoms with van der Waals surface area (Å²) in [5, 5.41) is 10.0. The molecule has 0 radical (unpaired) electrons. The highest BCUT2D eigenvalue weighted by Crippen LogP contribution is 2.39. The summed E-state index contributed by atoms with van der Waals surface area (Å²) in [6, 6.07) is 28.5. The molecule has 350 valence electrons. The number of rotatable bonds is 15. The van der Waals surface area contributed by atoms with Crippen molar-refractivity contribution in [1.29, 1.82) is 0 Å². The fourth-order valence-electron chi connectivity index (χ4n) is 9.96. The minimum absolute atomic E-state index is 0.128. The summed E-state index contributed by atoms with van der Waals surface area (Å²) in [7, 11) is -0.879. The zero-order valence-electron chi connectivity index (χ0n) is 38.5. The standard InChI is InChI=1S/C51H59ClN9O5P/c1-66-45-31-38(17-18-42(45)55-51-53-32-41(52)48(57-51)54-43-9-4-5-10-46(43)67(2,3)65)59-25-22-37(23-26-59)60-29-27-58(28-30-60)24-21-35-13-11-34(12-14-35)15-16-36-7-6-8-39-40(36)33-61(50(39)64)44-19-20-47(62)56-49(44)63/h4-14,17-18,31-32,37,44H,15-16,19-30,33H2,1-3H3,(H,56,62,63)(H2,53,54,55,57). The highest BCUT2D eigenvalue weighted by molar-refractivity contribution is 7.70. The average Bonchev–Trinajstić information content (AvgIpc) is 3.67. The minimum Gasteiger partial charge on any atom is -0.494 e. The number of hydrogen-bond acceptors (Lipinski definition) is 12. The van der Waals surface area contributed by atoms with Crippen LogP contribution in [0.3, 0.4) is 0 Å². The smallest absolute Gasteiger partial charge is 0.255 e. The number of aromatic nitrogens is 2. The number of benzene rings is 4. The fourth-order valence-corrected chi connectivity index (χ4v) is 11.2. The summed E-state index contributed by atoms with van der Waals surface area (Å²) in [4.78, 5) is 55.9. The number of imide groups is 1. The van der Waals surface area contributed by atoms with Crippen LogP contribution in [0.25, 0.3) is 0 Å². The minimum atomic E-state index is -2.55. The summed E-state index contributed by atoms with van der Waals surface area (Å²) in [5.74, 6) is 0.672. The summed E-state index contributed by atoms with van der Waals surface area (Å²) >= 11 is 6.50. The van der Waals surface area contributed by atoms with Gasteiger partial charge in [0.2, 0.25) is 17.8 Å². The number of ether oxygens (including phenoxy) is 1. The Morgan fingerprint density at radius 1 is 0.821 bits per heavy atom. The molecule has 4 aliphatic rings. The molecule has 1 aromatic heterocycles. The van der Waals surface area contributed by atoms with Gasteiger partial charge in [0.25, 0.3) is 5.91 Å². The number of amides is 3. The molecule has 1 atom stereocenters. The maximum atomic E-state index is 13.3. The van der Waals surface area contributed by atoms with Crippen molar-refractivity contribution in [2.24, 2.45) is 0 Å². The van der Waals surface area contributed by atoms with E-state index in [9.17, 15) is 18.9 Å². The maximum absolute atomic E-state index is 13.3. The molecular formula is C51H59ClN9O5P. The molecule has 16 heteroatoms. The Kier molecular flexibility index (Phi) is 14.0. The summed E-state index contributed by atoms with van der Waals surface area (Å²) in [6.45, 7) is 11.2. The molecule has 3 fully saturated rings. The van der Waals surface area contributed by atoms with E-state index in [-0.39, 0.29) is 24.1 Å². The third-order valence-electron chi connectivity index (χ3n) is 13.8. The van der Waals surface area contributed by atoms with E-state index in [1.165, 1.54) is 11.1 Å². The van der Waals surface area contributed by atoms with Crippen LogP contribution in [0.1, 0.15) is 58.3 Å². The zero-order valence-corrected chi connectivity index (χ0v) is 40.1. The van der Waals surface area contributed by atoms with Crippen LogP contribution >= 0.6 is 18.7 Å². The van der Waals surface area contributed by atoms with Crippen molar-refractivity contribution in [3.05, 3.63) is 124 Å². The quantitative estimate of drug-likeness (QED) is 0.0717. The molecule has 0 spiro atoms. The van der Waals surface area contributed by atoms with E-state index in [1.807, 2.05) is 42.5 Å².